The van der Waals surface area contributed by atoms with Gasteiger partial charge in [0.25, 0.3) is 0 Å². The second kappa shape index (κ2) is 6.88. The molecular weight excluding hydrogens is 326 g/mol. The van der Waals surface area contributed by atoms with E-state index in [1.54, 1.807) is 18.2 Å². The van der Waals surface area contributed by atoms with Crippen LogP contribution >= 0.6 is 11.8 Å². The predicted octanol–water partition coefficient (Wildman–Crippen LogP) is 2.80. The smallest absolute Gasteiger partial charge is 0.336 e. The normalized spacial score (nSPS) is 17.3. The van der Waals surface area contributed by atoms with E-state index in [4.69, 9.17) is 0 Å². The predicted molar refractivity (Wildman–Crippen MR) is 89.7 cm³/mol. The number of hydrogen-bond acceptors (Lipinski definition) is 4. The zero-order valence-electron chi connectivity index (χ0n) is 12.7. The van der Waals surface area contributed by atoms with Crippen molar-refractivity contribution in [3.8, 4) is 0 Å². The van der Waals surface area contributed by atoms with Gasteiger partial charge in [-0.25, -0.2) is 4.79 Å². The van der Waals surface area contributed by atoms with E-state index in [0.717, 1.165) is 17.3 Å². The molecule has 0 unspecified atom stereocenters. The number of likely N-dealkylation sites (tertiary alicyclic amines) is 1. The van der Waals surface area contributed by atoms with Crippen LogP contribution in [0.5, 0.6) is 0 Å². The average Bonchev–Trinajstić information content (AvgIpc) is 2.84. The van der Waals surface area contributed by atoms with Crippen molar-refractivity contribution in [1.29, 1.82) is 0 Å². The number of carboxylic acids is 1. The Hall–Kier alpha value is -2.60. The van der Waals surface area contributed by atoms with E-state index in [1.807, 2.05) is 30.3 Å². The third-order valence-corrected chi connectivity index (χ3v) is 5.04. The van der Waals surface area contributed by atoms with Gasteiger partial charge in [-0.05, 0) is 17.7 Å². The minimum Gasteiger partial charge on any atom is -0.478 e. The maximum atomic E-state index is 12.5. The summed E-state index contributed by atoms with van der Waals surface area (Å²) >= 11 is 1.14. The van der Waals surface area contributed by atoms with E-state index >= 15 is 0 Å². The number of rotatable bonds is 5. The maximum absolute atomic E-state index is 12.5. The molecule has 5 nitrogen and oxygen atoms in total. The molecular formula is C18H15NO4S. The van der Waals surface area contributed by atoms with Crippen LogP contribution in [-0.4, -0.2) is 33.0 Å². The third-order valence-electron chi connectivity index (χ3n) is 3.77. The van der Waals surface area contributed by atoms with Crippen LogP contribution in [-0.2, 0) is 16.1 Å². The fourth-order valence-electron chi connectivity index (χ4n) is 2.58. The molecule has 1 heterocycles. The summed E-state index contributed by atoms with van der Waals surface area (Å²) in [6.45, 7) is 0.246. The molecule has 1 fully saturated rings. The van der Waals surface area contributed by atoms with Crippen molar-refractivity contribution in [2.45, 2.75) is 23.1 Å². The van der Waals surface area contributed by atoms with Crippen molar-refractivity contribution in [1.82, 2.24) is 4.90 Å². The zero-order chi connectivity index (χ0) is 17.1. The number of carbonyl (C=O) groups is 3. The molecule has 2 aromatic rings. The molecule has 1 saturated heterocycles. The first kappa shape index (κ1) is 16.3. The molecule has 2 amide bonds. The highest BCUT2D eigenvalue weighted by Gasteiger charge is 2.39. The first-order valence-electron chi connectivity index (χ1n) is 7.43. The lowest BCUT2D eigenvalue weighted by atomic mass is 10.2. The van der Waals surface area contributed by atoms with Crippen LogP contribution in [0, 0.1) is 0 Å². The van der Waals surface area contributed by atoms with Gasteiger partial charge in [-0.15, -0.1) is 11.8 Å². The summed E-state index contributed by atoms with van der Waals surface area (Å²) in [6.07, 6.45) is 0.0876. The van der Waals surface area contributed by atoms with Crippen molar-refractivity contribution >= 4 is 29.5 Å². The Kier molecular flexibility index (Phi) is 4.66. The summed E-state index contributed by atoms with van der Waals surface area (Å²) in [6, 6.07) is 15.8. The number of aromatic carboxylic acids is 1. The minimum absolute atomic E-state index is 0.0876. The number of nitrogens with zero attached hydrogens (tertiary/aromatic N) is 1. The average molecular weight is 341 g/mol. The number of carbonyl (C=O) groups excluding carboxylic acids is 2. The van der Waals surface area contributed by atoms with Crippen LogP contribution < -0.4 is 0 Å². The Bertz CT molecular complexity index is 791. The highest BCUT2D eigenvalue weighted by Crippen LogP contribution is 2.34. The van der Waals surface area contributed by atoms with Gasteiger partial charge in [0.05, 0.1) is 17.4 Å². The lowest BCUT2D eigenvalue weighted by molar-refractivity contribution is -0.138. The van der Waals surface area contributed by atoms with Crippen molar-refractivity contribution in [3.05, 3.63) is 65.7 Å². The van der Waals surface area contributed by atoms with Crippen LogP contribution in [0.25, 0.3) is 0 Å². The van der Waals surface area contributed by atoms with Crippen LogP contribution in [0.3, 0.4) is 0 Å². The largest absolute Gasteiger partial charge is 0.478 e. The number of carboxylic acid groups (broad SMARTS) is 1. The van der Waals surface area contributed by atoms with Crippen LogP contribution in [0.4, 0.5) is 0 Å². The molecule has 0 spiro atoms. The second-order valence-electron chi connectivity index (χ2n) is 5.42. The molecule has 1 aliphatic heterocycles. The Balaban J connectivity index is 1.76. The first-order chi connectivity index (χ1) is 11.6. The number of hydrogen-bond donors (Lipinski definition) is 1. The summed E-state index contributed by atoms with van der Waals surface area (Å²) in [5, 5.41) is 8.65. The molecule has 1 atom stereocenters. The molecule has 0 aromatic heterocycles. The molecule has 1 N–H and O–H groups in total. The summed E-state index contributed by atoms with van der Waals surface area (Å²) in [7, 11) is 0. The molecule has 1 aliphatic rings. The van der Waals surface area contributed by atoms with E-state index in [-0.39, 0.29) is 30.3 Å². The third kappa shape index (κ3) is 3.33. The fourth-order valence-corrected chi connectivity index (χ4v) is 3.78. The number of benzene rings is 2. The summed E-state index contributed by atoms with van der Waals surface area (Å²) in [5.41, 5.74) is 1.03. The number of imide groups is 1. The van der Waals surface area contributed by atoms with Gasteiger partial charge in [0.1, 0.15) is 0 Å². The highest BCUT2D eigenvalue weighted by molar-refractivity contribution is 8.00. The Labute approximate surface area is 143 Å². The van der Waals surface area contributed by atoms with Crippen molar-refractivity contribution in [2.75, 3.05) is 0 Å². The molecule has 122 valence electrons. The second-order valence-corrected chi connectivity index (χ2v) is 6.66. The highest BCUT2D eigenvalue weighted by atomic mass is 32.2. The lowest BCUT2D eigenvalue weighted by Gasteiger charge is -2.15. The Morgan fingerprint density at radius 3 is 2.46 bits per heavy atom. The van der Waals surface area contributed by atoms with Gasteiger partial charge < -0.3 is 5.11 Å². The van der Waals surface area contributed by atoms with E-state index in [9.17, 15) is 19.5 Å². The van der Waals surface area contributed by atoms with Gasteiger partial charge in [0.2, 0.25) is 11.8 Å². The van der Waals surface area contributed by atoms with Gasteiger partial charge in [0.15, 0.2) is 0 Å². The topological polar surface area (TPSA) is 74.7 Å². The summed E-state index contributed by atoms with van der Waals surface area (Å²) in [5.74, 6) is -1.54. The van der Waals surface area contributed by atoms with Gasteiger partial charge in [-0.2, -0.15) is 0 Å². The molecule has 6 heteroatoms. The fraction of sp³-hybridized carbons (Fsp3) is 0.167. The van der Waals surface area contributed by atoms with Crippen molar-refractivity contribution in [3.63, 3.8) is 0 Å². The van der Waals surface area contributed by atoms with Crippen LogP contribution in [0.1, 0.15) is 22.3 Å². The van der Waals surface area contributed by atoms with Gasteiger partial charge >= 0.3 is 5.97 Å². The quantitative estimate of drug-likeness (QED) is 0.847. The number of thioether (sulfide) groups is 1. The monoisotopic (exact) mass is 341 g/mol. The minimum atomic E-state index is -1.05. The lowest BCUT2D eigenvalue weighted by Crippen LogP contribution is -2.30. The van der Waals surface area contributed by atoms with Crippen LogP contribution in [0.15, 0.2) is 59.5 Å². The SMILES string of the molecule is O=C(O)c1ccccc1S[C@H]1CC(=O)N(Cc2ccccc2)C1=O. The van der Waals surface area contributed by atoms with Crippen molar-refractivity contribution < 1.29 is 19.5 Å². The van der Waals surface area contributed by atoms with E-state index in [2.05, 4.69) is 0 Å². The molecule has 2 aromatic carbocycles. The molecule has 0 radical (unpaired) electrons. The molecule has 24 heavy (non-hydrogen) atoms. The number of amides is 2. The van der Waals surface area contributed by atoms with Gasteiger partial charge in [0, 0.05) is 11.3 Å². The molecule has 0 saturated carbocycles. The Morgan fingerprint density at radius 1 is 1.08 bits per heavy atom. The maximum Gasteiger partial charge on any atom is 0.336 e. The van der Waals surface area contributed by atoms with Gasteiger partial charge in [-0.3, -0.25) is 14.5 Å². The summed E-state index contributed by atoms with van der Waals surface area (Å²) < 4.78 is 0. The Morgan fingerprint density at radius 2 is 1.75 bits per heavy atom. The van der Waals surface area contributed by atoms with E-state index in [1.165, 1.54) is 11.0 Å². The molecule has 0 bridgehead atoms. The standard InChI is InChI=1S/C18H15NO4S/c20-16-10-15(24-14-9-5-4-8-13(14)18(22)23)17(21)19(16)11-12-6-2-1-3-7-12/h1-9,15H,10-11H2,(H,22,23)/t15-/m0/s1. The zero-order valence-corrected chi connectivity index (χ0v) is 13.5. The van der Waals surface area contributed by atoms with Crippen molar-refractivity contribution in [2.24, 2.45) is 0 Å². The molecule has 0 aliphatic carbocycles. The van der Waals surface area contributed by atoms with Gasteiger partial charge in [-0.1, -0.05) is 42.5 Å². The van der Waals surface area contributed by atoms with Crippen LogP contribution in [0.2, 0.25) is 0 Å². The van der Waals surface area contributed by atoms with E-state index in [0.29, 0.717) is 4.90 Å². The first-order valence-corrected chi connectivity index (χ1v) is 8.31. The molecule has 3 rings (SSSR count). The van der Waals surface area contributed by atoms with E-state index < -0.39 is 11.2 Å². The summed E-state index contributed by atoms with van der Waals surface area (Å²) in [4.78, 5) is 37.7.